The van der Waals surface area contributed by atoms with Gasteiger partial charge in [-0.15, -0.1) is 0 Å². The third kappa shape index (κ3) is 8.88. The van der Waals surface area contributed by atoms with Gasteiger partial charge in [0.05, 0.1) is 6.54 Å². The van der Waals surface area contributed by atoms with Crippen molar-refractivity contribution < 1.29 is 4.79 Å². The van der Waals surface area contributed by atoms with Gasteiger partial charge in [0.15, 0.2) is 5.96 Å². The molecule has 1 aliphatic carbocycles. The predicted molar refractivity (Wildman–Crippen MR) is 111 cm³/mol. The highest BCUT2D eigenvalue weighted by molar-refractivity contribution is 5.81. The van der Waals surface area contributed by atoms with Crippen molar-refractivity contribution >= 4 is 11.9 Å². The normalized spacial score (nSPS) is 21.1. The lowest BCUT2D eigenvalue weighted by Gasteiger charge is -2.30. The van der Waals surface area contributed by atoms with Gasteiger partial charge in [-0.25, -0.2) is 0 Å². The summed E-state index contributed by atoms with van der Waals surface area (Å²) in [5, 5.41) is 9.97. The lowest BCUT2D eigenvalue weighted by Crippen LogP contribution is -2.47. The van der Waals surface area contributed by atoms with Crippen molar-refractivity contribution in [3.05, 3.63) is 0 Å². The fourth-order valence-corrected chi connectivity index (χ4v) is 3.52. The third-order valence-electron chi connectivity index (χ3n) is 4.83. The molecule has 1 fully saturated rings. The molecule has 1 saturated carbocycles. The zero-order valence-electron chi connectivity index (χ0n) is 17.6. The molecule has 0 radical (unpaired) electrons. The van der Waals surface area contributed by atoms with Crippen LogP contribution in [0.4, 0.5) is 0 Å². The number of amides is 1. The average molecular weight is 368 g/mol. The molecule has 6 nitrogen and oxygen atoms in total. The van der Waals surface area contributed by atoms with Crippen LogP contribution < -0.4 is 16.0 Å². The maximum atomic E-state index is 12.3. The van der Waals surface area contributed by atoms with Crippen LogP contribution in [0.3, 0.4) is 0 Å². The number of carbonyl (C=O) groups excluding carboxylic acids is 1. The van der Waals surface area contributed by atoms with Gasteiger partial charge in [0.25, 0.3) is 0 Å². The minimum absolute atomic E-state index is 0.117. The first-order chi connectivity index (χ1) is 12.5. The Morgan fingerprint density at radius 3 is 2.58 bits per heavy atom. The zero-order valence-corrected chi connectivity index (χ0v) is 17.6. The first kappa shape index (κ1) is 22.7. The molecule has 6 heteroatoms. The average Bonchev–Trinajstić information content (AvgIpc) is 2.60. The van der Waals surface area contributed by atoms with Crippen LogP contribution >= 0.6 is 0 Å². The Labute approximate surface area is 160 Å². The predicted octanol–water partition coefficient (Wildman–Crippen LogP) is 2.36. The number of aliphatic imine (C=N–C) groups is 1. The van der Waals surface area contributed by atoms with E-state index in [0.29, 0.717) is 6.04 Å². The number of guanidine groups is 1. The molecule has 0 aromatic carbocycles. The van der Waals surface area contributed by atoms with Crippen LogP contribution in [-0.4, -0.2) is 61.6 Å². The zero-order chi connectivity index (χ0) is 19.4. The van der Waals surface area contributed by atoms with Crippen molar-refractivity contribution in [2.75, 3.05) is 32.7 Å². The quantitative estimate of drug-likeness (QED) is 0.409. The Hall–Kier alpha value is -1.30. The van der Waals surface area contributed by atoms with Gasteiger partial charge in [-0.3, -0.25) is 9.79 Å². The number of hydrogen-bond acceptors (Lipinski definition) is 3. The van der Waals surface area contributed by atoms with Crippen molar-refractivity contribution in [3.8, 4) is 0 Å². The molecule has 152 valence electrons. The minimum atomic E-state index is 0.117. The number of nitrogens with zero attached hydrogens (tertiary/aromatic N) is 2. The first-order valence-electron chi connectivity index (χ1n) is 10.6. The highest BCUT2D eigenvalue weighted by Gasteiger charge is 2.27. The van der Waals surface area contributed by atoms with Crippen molar-refractivity contribution in [3.63, 3.8) is 0 Å². The van der Waals surface area contributed by atoms with Gasteiger partial charge in [-0.05, 0) is 59.5 Å². The Kier molecular flexibility index (Phi) is 11.3. The summed E-state index contributed by atoms with van der Waals surface area (Å²) in [4.78, 5) is 19.5. The highest BCUT2D eigenvalue weighted by Crippen LogP contribution is 2.24. The number of nitrogens with one attached hydrogen (secondary N) is 3. The van der Waals surface area contributed by atoms with Crippen LogP contribution in [0.1, 0.15) is 66.7 Å². The molecule has 0 aromatic rings. The molecule has 2 unspecified atom stereocenters. The Bertz CT molecular complexity index is 424. The molecule has 2 atom stereocenters. The van der Waals surface area contributed by atoms with Gasteiger partial charge >= 0.3 is 0 Å². The molecule has 0 spiro atoms. The molecule has 1 aliphatic rings. The molecule has 0 aliphatic heterocycles. The van der Waals surface area contributed by atoms with Crippen molar-refractivity contribution in [1.29, 1.82) is 0 Å². The third-order valence-corrected chi connectivity index (χ3v) is 4.83. The summed E-state index contributed by atoms with van der Waals surface area (Å²) in [5.41, 5.74) is 0. The SMILES string of the molecule is CCCN(CC)CCN=C(NCC)NC1CCCC(C(=O)NC(C)C)C1. The van der Waals surface area contributed by atoms with E-state index in [1.807, 2.05) is 13.8 Å². The number of hydrogen-bond donors (Lipinski definition) is 3. The second-order valence-electron chi connectivity index (χ2n) is 7.56. The largest absolute Gasteiger partial charge is 0.357 e. The van der Waals surface area contributed by atoms with Crippen LogP contribution in [0.2, 0.25) is 0 Å². The van der Waals surface area contributed by atoms with Gasteiger partial charge in [0.2, 0.25) is 5.91 Å². The Morgan fingerprint density at radius 1 is 1.19 bits per heavy atom. The van der Waals surface area contributed by atoms with E-state index in [0.717, 1.165) is 64.4 Å². The molecule has 0 bridgehead atoms. The summed E-state index contributed by atoms with van der Waals surface area (Å²) in [7, 11) is 0. The molecule has 1 amide bonds. The number of likely N-dealkylation sites (N-methyl/N-ethyl adjacent to an activating group) is 1. The van der Waals surface area contributed by atoms with E-state index >= 15 is 0 Å². The molecular weight excluding hydrogens is 326 g/mol. The summed E-state index contributed by atoms with van der Waals surface area (Å²) < 4.78 is 0. The van der Waals surface area contributed by atoms with E-state index in [-0.39, 0.29) is 17.9 Å². The molecule has 26 heavy (non-hydrogen) atoms. The fraction of sp³-hybridized carbons (Fsp3) is 0.900. The lowest BCUT2D eigenvalue weighted by molar-refractivity contribution is -0.126. The summed E-state index contributed by atoms with van der Waals surface area (Å²) in [6, 6.07) is 0.529. The molecule has 0 heterocycles. The van der Waals surface area contributed by atoms with Gasteiger partial charge in [0, 0.05) is 31.1 Å². The lowest BCUT2D eigenvalue weighted by atomic mass is 9.85. The van der Waals surface area contributed by atoms with Gasteiger partial charge in [-0.1, -0.05) is 20.3 Å². The Balaban J connectivity index is 2.54. The van der Waals surface area contributed by atoms with Crippen LogP contribution in [0.5, 0.6) is 0 Å². The number of carbonyl (C=O) groups is 1. The van der Waals surface area contributed by atoms with Gasteiger partial charge in [-0.2, -0.15) is 0 Å². The van der Waals surface area contributed by atoms with Crippen LogP contribution in [0.25, 0.3) is 0 Å². The maximum absolute atomic E-state index is 12.3. The summed E-state index contributed by atoms with van der Waals surface area (Å²) in [6.45, 7) is 15.4. The molecule has 0 saturated heterocycles. The van der Waals surface area contributed by atoms with Crippen molar-refractivity contribution in [1.82, 2.24) is 20.9 Å². The number of rotatable bonds is 10. The second-order valence-corrected chi connectivity index (χ2v) is 7.56. The van der Waals surface area contributed by atoms with Crippen molar-refractivity contribution in [2.24, 2.45) is 10.9 Å². The van der Waals surface area contributed by atoms with Crippen LogP contribution in [0, 0.1) is 5.92 Å². The van der Waals surface area contributed by atoms with Gasteiger partial charge < -0.3 is 20.9 Å². The fourth-order valence-electron chi connectivity index (χ4n) is 3.52. The monoisotopic (exact) mass is 367 g/mol. The summed E-state index contributed by atoms with van der Waals surface area (Å²) in [6.07, 6.45) is 5.25. The smallest absolute Gasteiger partial charge is 0.223 e. The molecule has 1 rings (SSSR count). The second kappa shape index (κ2) is 13.0. The van der Waals surface area contributed by atoms with E-state index in [4.69, 9.17) is 4.99 Å². The van der Waals surface area contributed by atoms with Gasteiger partial charge in [0.1, 0.15) is 0 Å². The van der Waals surface area contributed by atoms with E-state index < -0.39 is 0 Å². The summed E-state index contributed by atoms with van der Waals surface area (Å²) in [5.74, 6) is 1.20. The molecular formula is C20H41N5O. The van der Waals surface area contributed by atoms with E-state index in [1.54, 1.807) is 0 Å². The maximum Gasteiger partial charge on any atom is 0.223 e. The summed E-state index contributed by atoms with van der Waals surface area (Å²) >= 11 is 0. The minimum Gasteiger partial charge on any atom is -0.357 e. The highest BCUT2D eigenvalue weighted by atomic mass is 16.1. The first-order valence-corrected chi connectivity index (χ1v) is 10.6. The topological polar surface area (TPSA) is 68.8 Å². The molecule has 0 aromatic heterocycles. The van der Waals surface area contributed by atoms with E-state index in [1.165, 1.54) is 6.42 Å². The Morgan fingerprint density at radius 2 is 1.96 bits per heavy atom. The van der Waals surface area contributed by atoms with Crippen molar-refractivity contribution in [2.45, 2.75) is 78.8 Å². The van der Waals surface area contributed by atoms with E-state index in [2.05, 4.69) is 41.6 Å². The standard InChI is InChI=1S/C20H41N5O/c1-6-13-25(8-3)14-12-22-20(21-7-2)24-18-11-9-10-17(15-18)19(26)23-16(4)5/h16-18H,6-15H2,1-5H3,(H,23,26)(H2,21,22,24). The van der Waals surface area contributed by atoms with Crippen LogP contribution in [0.15, 0.2) is 4.99 Å². The molecule has 3 N–H and O–H groups in total. The van der Waals surface area contributed by atoms with E-state index in [9.17, 15) is 4.79 Å². The van der Waals surface area contributed by atoms with Crippen LogP contribution in [-0.2, 0) is 4.79 Å².